The first-order valence-electron chi connectivity index (χ1n) is 8.89. The van der Waals surface area contributed by atoms with Gasteiger partial charge in [-0.25, -0.2) is 0 Å². The Kier molecular flexibility index (Phi) is 5.21. The fraction of sp³-hybridized carbons (Fsp3) is 0.875. The zero-order valence-corrected chi connectivity index (χ0v) is 16.4. The molecule has 2 aliphatic rings. The van der Waals surface area contributed by atoms with Gasteiger partial charge in [0, 0.05) is 52.9 Å². The molecule has 0 amide bonds. The van der Waals surface area contributed by atoms with E-state index in [1.54, 1.807) is 24.7 Å². The lowest BCUT2D eigenvalue weighted by molar-refractivity contribution is 0.0128. The van der Waals surface area contributed by atoms with Crippen LogP contribution < -0.4 is 0 Å². The molecule has 25 heavy (non-hydrogen) atoms. The van der Waals surface area contributed by atoms with Crippen molar-refractivity contribution in [3.63, 3.8) is 0 Å². The molecule has 0 saturated carbocycles. The normalized spacial score (nSPS) is 24.6. The van der Waals surface area contributed by atoms with Crippen molar-refractivity contribution in [1.82, 2.24) is 23.4 Å². The zero-order valence-electron chi connectivity index (χ0n) is 15.6. The minimum Gasteiger partial charge on any atom is -0.381 e. The van der Waals surface area contributed by atoms with Crippen LogP contribution in [0.4, 0.5) is 0 Å². The second-order valence-corrected chi connectivity index (χ2v) is 9.99. The Morgan fingerprint density at radius 3 is 2.64 bits per heavy atom. The number of ether oxygens (including phenoxy) is 1. The summed E-state index contributed by atoms with van der Waals surface area (Å²) < 4.78 is 36.0. The Bertz CT molecular complexity index is 694. The van der Waals surface area contributed by atoms with E-state index in [2.05, 4.69) is 28.6 Å². The average molecular weight is 372 g/mol. The van der Waals surface area contributed by atoms with Gasteiger partial charge in [-0.1, -0.05) is 13.8 Å². The summed E-state index contributed by atoms with van der Waals surface area (Å²) >= 11 is 0. The predicted octanol–water partition coefficient (Wildman–Crippen LogP) is 0.937. The van der Waals surface area contributed by atoms with E-state index >= 15 is 0 Å². The van der Waals surface area contributed by atoms with Crippen LogP contribution in [-0.2, 0) is 21.5 Å². The van der Waals surface area contributed by atoms with Gasteiger partial charge in [0.1, 0.15) is 12.2 Å². The summed E-state index contributed by atoms with van der Waals surface area (Å²) in [6.07, 6.45) is 3.47. The quantitative estimate of drug-likeness (QED) is 0.769. The van der Waals surface area contributed by atoms with Gasteiger partial charge in [0.2, 0.25) is 0 Å². The van der Waals surface area contributed by atoms with E-state index in [9.17, 15) is 8.42 Å². The van der Waals surface area contributed by atoms with Crippen molar-refractivity contribution in [1.29, 1.82) is 0 Å². The lowest BCUT2D eigenvalue weighted by Crippen LogP contribution is -2.41. The van der Waals surface area contributed by atoms with Crippen molar-refractivity contribution >= 4 is 10.2 Å². The van der Waals surface area contributed by atoms with Crippen LogP contribution in [0.2, 0.25) is 0 Å². The fourth-order valence-electron chi connectivity index (χ4n) is 4.04. The molecule has 2 fully saturated rings. The highest BCUT2D eigenvalue weighted by Crippen LogP contribution is 2.49. The van der Waals surface area contributed by atoms with Gasteiger partial charge in [0.15, 0.2) is 0 Å². The third-order valence-corrected chi connectivity index (χ3v) is 7.27. The van der Waals surface area contributed by atoms with Crippen LogP contribution in [0.25, 0.3) is 0 Å². The van der Waals surface area contributed by atoms with Gasteiger partial charge in [-0.05, 0) is 24.2 Å². The van der Waals surface area contributed by atoms with Gasteiger partial charge in [0.25, 0.3) is 10.2 Å². The zero-order chi connectivity index (χ0) is 18.2. The van der Waals surface area contributed by atoms with E-state index < -0.39 is 10.2 Å². The molecule has 2 aliphatic heterocycles. The number of rotatable bonds is 5. The Balaban J connectivity index is 1.97. The lowest BCUT2D eigenvalue weighted by Gasteiger charge is -2.37. The van der Waals surface area contributed by atoms with Crippen LogP contribution in [-0.4, -0.2) is 72.2 Å². The Hall–Kier alpha value is -1.03. The third kappa shape index (κ3) is 3.47. The van der Waals surface area contributed by atoms with Crippen molar-refractivity contribution in [2.75, 3.05) is 40.4 Å². The molecule has 1 atom stereocenters. The molecule has 0 N–H and O–H groups in total. The summed E-state index contributed by atoms with van der Waals surface area (Å²) in [7, 11) is -0.276. The largest absolute Gasteiger partial charge is 0.381 e. The molecule has 9 heteroatoms. The number of nitrogens with zero attached hydrogens (tertiary/aromatic N) is 5. The van der Waals surface area contributed by atoms with Gasteiger partial charge in [-0.2, -0.15) is 17.0 Å². The molecule has 1 unspecified atom stereocenters. The van der Waals surface area contributed by atoms with Gasteiger partial charge >= 0.3 is 0 Å². The molecule has 1 spiro atoms. The number of hydrogen-bond acceptors (Lipinski definition) is 5. The molecular weight excluding hydrogens is 342 g/mol. The molecule has 3 rings (SSSR count). The van der Waals surface area contributed by atoms with Gasteiger partial charge < -0.3 is 9.30 Å². The molecule has 3 heterocycles. The minimum atomic E-state index is -3.44. The van der Waals surface area contributed by atoms with Crippen LogP contribution in [0.5, 0.6) is 0 Å². The van der Waals surface area contributed by atoms with E-state index in [0.717, 1.165) is 25.2 Å². The smallest absolute Gasteiger partial charge is 0.281 e. The van der Waals surface area contributed by atoms with E-state index in [-0.39, 0.29) is 11.3 Å². The summed E-state index contributed by atoms with van der Waals surface area (Å²) in [5.74, 6) is 1.43. The van der Waals surface area contributed by atoms with E-state index in [1.165, 1.54) is 4.31 Å². The minimum absolute atomic E-state index is 0.0485. The van der Waals surface area contributed by atoms with Crippen molar-refractivity contribution < 1.29 is 13.2 Å². The number of aromatic nitrogens is 3. The molecule has 0 aliphatic carbocycles. The highest BCUT2D eigenvalue weighted by atomic mass is 32.2. The highest BCUT2D eigenvalue weighted by molar-refractivity contribution is 7.86. The van der Waals surface area contributed by atoms with E-state index in [1.807, 2.05) is 0 Å². The summed E-state index contributed by atoms with van der Waals surface area (Å²) in [4.78, 5) is 0. The monoisotopic (exact) mass is 371 g/mol. The van der Waals surface area contributed by atoms with Crippen molar-refractivity contribution in [2.45, 2.75) is 39.2 Å². The Morgan fingerprint density at radius 1 is 1.36 bits per heavy atom. The molecule has 8 nitrogen and oxygen atoms in total. The molecule has 2 saturated heterocycles. The van der Waals surface area contributed by atoms with Crippen molar-refractivity contribution in [3.05, 3.63) is 12.2 Å². The maximum absolute atomic E-state index is 12.7. The summed E-state index contributed by atoms with van der Waals surface area (Å²) in [5.41, 5.74) is -0.122. The van der Waals surface area contributed by atoms with Gasteiger partial charge in [0.05, 0.1) is 0 Å². The van der Waals surface area contributed by atoms with Gasteiger partial charge in [-0.15, -0.1) is 10.2 Å². The Labute approximate surface area is 150 Å². The maximum Gasteiger partial charge on any atom is 0.281 e. The van der Waals surface area contributed by atoms with Crippen LogP contribution in [0.1, 0.15) is 38.4 Å². The standard InChI is InChI=1S/C16H29N5O3S/c1-13(2)9-20-12-17-18-15(20)14-10-21(25(22,23)19(3)4)11-16(14)5-7-24-8-6-16/h12-14H,5-11H2,1-4H3. The first kappa shape index (κ1) is 18.8. The first-order valence-corrected chi connectivity index (χ1v) is 10.3. The van der Waals surface area contributed by atoms with E-state index in [4.69, 9.17) is 4.74 Å². The SMILES string of the molecule is CC(C)Cn1cnnc1C1CN(S(=O)(=O)N(C)C)CC12CCOCC2. The highest BCUT2D eigenvalue weighted by Gasteiger charge is 2.53. The summed E-state index contributed by atoms with van der Waals surface area (Å²) in [6.45, 7) is 7.48. The molecule has 142 valence electrons. The first-order chi connectivity index (χ1) is 11.8. The second kappa shape index (κ2) is 6.94. The topological polar surface area (TPSA) is 80.6 Å². The predicted molar refractivity (Wildman–Crippen MR) is 94.3 cm³/mol. The maximum atomic E-state index is 12.7. The molecule has 1 aromatic heterocycles. The summed E-state index contributed by atoms with van der Waals surface area (Å²) in [5, 5.41) is 8.52. The average Bonchev–Trinajstić information content (AvgIpc) is 3.12. The molecule has 0 bridgehead atoms. The molecule has 1 aromatic rings. The van der Waals surface area contributed by atoms with Crippen LogP contribution in [0.3, 0.4) is 0 Å². The van der Waals surface area contributed by atoms with Crippen LogP contribution >= 0.6 is 0 Å². The fourth-order valence-corrected chi connectivity index (χ4v) is 5.26. The molecular formula is C16H29N5O3S. The molecule has 0 radical (unpaired) electrons. The molecule has 0 aromatic carbocycles. The van der Waals surface area contributed by atoms with E-state index in [0.29, 0.717) is 32.2 Å². The van der Waals surface area contributed by atoms with Crippen LogP contribution in [0.15, 0.2) is 6.33 Å². The summed E-state index contributed by atoms with van der Waals surface area (Å²) in [6, 6.07) is 0. The van der Waals surface area contributed by atoms with Crippen LogP contribution in [0, 0.1) is 11.3 Å². The Morgan fingerprint density at radius 2 is 2.04 bits per heavy atom. The van der Waals surface area contributed by atoms with Crippen molar-refractivity contribution in [3.8, 4) is 0 Å². The van der Waals surface area contributed by atoms with Crippen molar-refractivity contribution in [2.24, 2.45) is 11.3 Å². The van der Waals surface area contributed by atoms with Gasteiger partial charge in [-0.3, -0.25) is 0 Å². The second-order valence-electron chi connectivity index (χ2n) is 7.85. The lowest BCUT2D eigenvalue weighted by atomic mass is 9.71. The number of hydrogen-bond donors (Lipinski definition) is 0. The third-order valence-electron chi connectivity index (χ3n) is 5.41.